The number of fused-ring (bicyclic) bond motifs is 2. The molecule has 0 fully saturated rings. The maximum absolute atomic E-state index is 12.7. The highest BCUT2D eigenvalue weighted by atomic mass is 32.2. The molecule has 2 aromatic carbocycles. The molecule has 0 unspecified atom stereocenters. The molecular formula is C27H31N7O2S. The number of hydrogen-bond acceptors (Lipinski definition) is 7. The van der Waals surface area contributed by atoms with Crippen molar-refractivity contribution in [1.82, 2.24) is 28.6 Å². The van der Waals surface area contributed by atoms with Crippen LogP contribution in [-0.4, -0.2) is 62.4 Å². The molecule has 0 saturated carbocycles. The molecule has 0 saturated heterocycles. The number of nitrogens with zero attached hydrogens (tertiary/aromatic N) is 6. The summed E-state index contributed by atoms with van der Waals surface area (Å²) in [5.41, 5.74) is 3.95. The summed E-state index contributed by atoms with van der Waals surface area (Å²) in [6, 6.07) is 15.3. The first kappa shape index (κ1) is 24.9. The van der Waals surface area contributed by atoms with Crippen molar-refractivity contribution in [2.24, 2.45) is 0 Å². The van der Waals surface area contributed by atoms with Gasteiger partial charge < -0.3 is 10.2 Å². The topological polar surface area (TPSA) is 97.9 Å². The van der Waals surface area contributed by atoms with Crippen molar-refractivity contribution in [3.8, 4) is 11.3 Å². The maximum Gasteiger partial charge on any atom is 0.238 e. The predicted octanol–water partition coefficient (Wildman–Crippen LogP) is 4.73. The van der Waals surface area contributed by atoms with Gasteiger partial charge in [0.1, 0.15) is 0 Å². The van der Waals surface area contributed by atoms with Gasteiger partial charge in [0, 0.05) is 41.0 Å². The Bertz CT molecular complexity index is 1650. The van der Waals surface area contributed by atoms with E-state index in [4.69, 9.17) is 4.98 Å². The van der Waals surface area contributed by atoms with E-state index >= 15 is 0 Å². The van der Waals surface area contributed by atoms with Gasteiger partial charge in [-0.15, -0.1) is 0 Å². The summed E-state index contributed by atoms with van der Waals surface area (Å²) < 4.78 is 28.8. The molecule has 0 amide bonds. The zero-order valence-corrected chi connectivity index (χ0v) is 22.1. The molecule has 0 radical (unpaired) electrons. The minimum Gasteiger partial charge on any atom is -0.324 e. The van der Waals surface area contributed by atoms with E-state index in [0.29, 0.717) is 17.2 Å². The standard InChI is InChI=1S/C27H31N7O2S/c1-4-32(5-2)15-16-33-25-12-11-21(17-20(25)18-29-33)30-27-28-14-13-24(31-27)23-19-34(37(35,36)6-3)26-10-8-7-9-22(23)26/h7-14,17-19H,4-6,15-16H2,1-3H3,(H,28,30,31). The van der Waals surface area contributed by atoms with Crippen LogP contribution in [0.15, 0.2) is 67.1 Å². The highest BCUT2D eigenvalue weighted by Gasteiger charge is 2.19. The van der Waals surface area contributed by atoms with Crippen molar-refractivity contribution in [3.05, 3.63) is 67.1 Å². The van der Waals surface area contributed by atoms with Crippen LogP contribution >= 0.6 is 0 Å². The molecule has 0 aliphatic heterocycles. The lowest BCUT2D eigenvalue weighted by Crippen LogP contribution is -2.27. The molecule has 0 bridgehead atoms. The fraction of sp³-hybridized carbons (Fsp3) is 0.296. The Morgan fingerprint density at radius 2 is 1.81 bits per heavy atom. The minimum atomic E-state index is -3.45. The molecule has 5 aromatic rings. The highest BCUT2D eigenvalue weighted by molar-refractivity contribution is 7.90. The van der Waals surface area contributed by atoms with Crippen LogP contribution in [0.3, 0.4) is 0 Å². The fourth-order valence-electron chi connectivity index (χ4n) is 4.54. The number of benzene rings is 2. The summed E-state index contributed by atoms with van der Waals surface area (Å²) in [4.78, 5) is 11.5. The van der Waals surface area contributed by atoms with Gasteiger partial charge in [-0.3, -0.25) is 4.68 Å². The van der Waals surface area contributed by atoms with E-state index in [0.717, 1.165) is 53.7 Å². The van der Waals surface area contributed by atoms with Crippen molar-refractivity contribution < 1.29 is 8.42 Å². The third-order valence-electron chi connectivity index (χ3n) is 6.69. The molecule has 37 heavy (non-hydrogen) atoms. The Kier molecular flexibility index (Phi) is 6.94. The monoisotopic (exact) mass is 517 g/mol. The van der Waals surface area contributed by atoms with Gasteiger partial charge in [-0.1, -0.05) is 32.0 Å². The van der Waals surface area contributed by atoms with Crippen molar-refractivity contribution in [1.29, 1.82) is 0 Å². The van der Waals surface area contributed by atoms with Gasteiger partial charge in [-0.2, -0.15) is 5.10 Å². The van der Waals surface area contributed by atoms with Crippen LogP contribution in [0.5, 0.6) is 0 Å². The fourth-order valence-corrected chi connectivity index (χ4v) is 5.54. The summed E-state index contributed by atoms with van der Waals surface area (Å²) in [5, 5.41) is 9.72. The molecule has 10 heteroatoms. The molecule has 1 N–H and O–H groups in total. The second kappa shape index (κ2) is 10.3. The SMILES string of the molecule is CCN(CC)CCn1ncc2cc(Nc3nccc(-c4cn(S(=O)(=O)CC)c5ccccc45)n3)ccc21. The van der Waals surface area contributed by atoms with E-state index in [2.05, 4.69) is 40.2 Å². The van der Waals surface area contributed by atoms with Crippen LogP contribution in [0.25, 0.3) is 33.1 Å². The Labute approximate surface area is 216 Å². The summed E-state index contributed by atoms with van der Waals surface area (Å²) in [5.74, 6) is 0.442. The lowest BCUT2D eigenvalue weighted by Gasteiger charge is -2.17. The summed E-state index contributed by atoms with van der Waals surface area (Å²) in [6.45, 7) is 9.83. The molecule has 3 heterocycles. The molecular weight excluding hydrogens is 486 g/mol. The highest BCUT2D eigenvalue weighted by Crippen LogP contribution is 2.31. The maximum atomic E-state index is 12.7. The van der Waals surface area contributed by atoms with Gasteiger partial charge in [0.15, 0.2) is 0 Å². The molecule has 0 atom stereocenters. The lowest BCUT2D eigenvalue weighted by atomic mass is 10.1. The first-order valence-corrected chi connectivity index (χ1v) is 14.2. The second-order valence-electron chi connectivity index (χ2n) is 8.81. The van der Waals surface area contributed by atoms with E-state index < -0.39 is 10.0 Å². The third kappa shape index (κ3) is 4.94. The van der Waals surface area contributed by atoms with Crippen molar-refractivity contribution in [2.45, 2.75) is 27.3 Å². The van der Waals surface area contributed by atoms with Crippen molar-refractivity contribution in [3.63, 3.8) is 0 Å². The van der Waals surface area contributed by atoms with Crippen LogP contribution in [0.2, 0.25) is 0 Å². The summed E-state index contributed by atoms with van der Waals surface area (Å²) in [7, 11) is -3.45. The molecule has 0 spiro atoms. The number of nitrogens with one attached hydrogen (secondary N) is 1. The average Bonchev–Trinajstić information content (AvgIpc) is 3.51. The molecule has 0 aliphatic rings. The Morgan fingerprint density at radius 3 is 2.59 bits per heavy atom. The van der Waals surface area contributed by atoms with Gasteiger partial charge in [0.25, 0.3) is 0 Å². The van der Waals surface area contributed by atoms with E-state index in [-0.39, 0.29) is 5.75 Å². The Morgan fingerprint density at radius 1 is 1.00 bits per heavy atom. The van der Waals surface area contributed by atoms with Crippen LogP contribution in [0, 0.1) is 0 Å². The Hall–Kier alpha value is -3.76. The predicted molar refractivity (Wildman–Crippen MR) is 149 cm³/mol. The zero-order chi connectivity index (χ0) is 26.0. The Balaban J connectivity index is 1.42. The molecule has 5 rings (SSSR count). The number of aromatic nitrogens is 5. The number of anilines is 2. The molecule has 9 nitrogen and oxygen atoms in total. The second-order valence-corrected chi connectivity index (χ2v) is 10.9. The summed E-state index contributed by atoms with van der Waals surface area (Å²) >= 11 is 0. The number of hydrogen-bond donors (Lipinski definition) is 1. The van der Waals surface area contributed by atoms with Crippen molar-refractivity contribution in [2.75, 3.05) is 30.7 Å². The molecule has 3 aromatic heterocycles. The number of likely N-dealkylation sites (N-methyl/N-ethyl adjacent to an activating group) is 1. The van der Waals surface area contributed by atoms with Gasteiger partial charge in [-0.25, -0.2) is 22.4 Å². The van der Waals surface area contributed by atoms with Crippen molar-refractivity contribution >= 4 is 43.5 Å². The van der Waals surface area contributed by atoms with Crippen LogP contribution in [0.1, 0.15) is 20.8 Å². The van der Waals surface area contributed by atoms with E-state index in [9.17, 15) is 8.42 Å². The van der Waals surface area contributed by atoms with E-state index in [1.54, 1.807) is 25.4 Å². The van der Waals surface area contributed by atoms with E-state index in [1.165, 1.54) is 3.97 Å². The summed E-state index contributed by atoms with van der Waals surface area (Å²) in [6.07, 6.45) is 5.20. The lowest BCUT2D eigenvalue weighted by molar-refractivity contribution is 0.287. The number of para-hydroxylation sites is 1. The van der Waals surface area contributed by atoms with Gasteiger partial charge in [-0.05, 0) is 50.3 Å². The van der Waals surface area contributed by atoms with Crippen LogP contribution < -0.4 is 5.32 Å². The molecule has 192 valence electrons. The van der Waals surface area contributed by atoms with E-state index in [1.807, 2.05) is 47.3 Å². The van der Waals surface area contributed by atoms with Crippen LogP contribution in [0.4, 0.5) is 11.6 Å². The van der Waals surface area contributed by atoms with Gasteiger partial charge in [0.05, 0.1) is 35.2 Å². The largest absolute Gasteiger partial charge is 0.324 e. The quantitative estimate of drug-likeness (QED) is 0.286. The number of rotatable bonds is 10. The molecule has 0 aliphatic carbocycles. The third-order valence-corrected chi connectivity index (χ3v) is 8.33. The van der Waals surface area contributed by atoms with Crippen LogP contribution in [-0.2, 0) is 16.6 Å². The first-order chi connectivity index (χ1) is 17.9. The zero-order valence-electron chi connectivity index (χ0n) is 21.3. The smallest absolute Gasteiger partial charge is 0.238 e. The average molecular weight is 518 g/mol. The van der Waals surface area contributed by atoms with Gasteiger partial charge in [0.2, 0.25) is 16.0 Å². The minimum absolute atomic E-state index is 0.0101. The van der Waals surface area contributed by atoms with Gasteiger partial charge >= 0.3 is 0 Å². The first-order valence-electron chi connectivity index (χ1n) is 12.5. The normalized spacial score (nSPS) is 12.1.